The smallest absolute Gasteiger partial charge is 0.251 e. The molecule has 1 heterocycles. The van der Waals surface area contributed by atoms with Crippen molar-refractivity contribution >= 4 is 17.2 Å². The fraction of sp³-hybridized carbons (Fsp3) is 0.158. The van der Waals surface area contributed by atoms with Crippen LogP contribution in [-0.4, -0.2) is 10.9 Å². The zero-order valence-electron chi connectivity index (χ0n) is 13.3. The van der Waals surface area contributed by atoms with Crippen molar-refractivity contribution in [2.75, 3.05) is 0 Å². The van der Waals surface area contributed by atoms with Crippen molar-refractivity contribution in [3.05, 3.63) is 87.1 Å². The van der Waals surface area contributed by atoms with E-state index in [0.29, 0.717) is 18.5 Å². The summed E-state index contributed by atoms with van der Waals surface area (Å²) in [7, 11) is 0. The average Bonchev–Trinajstić information content (AvgIpc) is 3.03. The van der Waals surface area contributed by atoms with Crippen molar-refractivity contribution in [2.24, 2.45) is 0 Å². The molecule has 0 spiro atoms. The van der Waals surface area contributed by atoms with E-state index < -0.39 is 0 Å². The van der Waals surface area contributed by atoms with Gasteiger partial charge in [0.1, 0.15) is 10.8 Å². The van der Waals surface area contributed by atoms with Gasteiger partial charge in [0, 0.05) is 23.1 Å². The van der Waals surface area contributed by atoms with E-state index in [0.717, 1.165) is 21.0 Å². The van der Waals surface area contributed by atoms with Gasteiger partial charge in [-0.05, 0) is 36.8 Å². The Hall–Kier alpha value is -2.53. The number of halogens is 1. The van der Waals surface area contributed by atoms with Gasteiger partial charge in [0.2, 0.25) is 0 Å². The first kappa shape index (κ1) is 16.3. The van der Waals surface area contributed by atoms with Crippen LogP contribution in [0.1, 0.15) is 31.4 Å². The van der Waals surface area contributed by atoms with Gasteiger partial charge in [-0.3, -0.25) is 4.79 Å². The lowest BCUT2D eigenvalue weighted by Gasteiger charge is -2.03. The fourth-order valence-corrected chi connectivity index (χ4v) is 3.17. The SMILES string of the molecule is Cc1ccc(C(=O)NCc2ncc(Cc3ccc(F)cc3)s2)cc1. The fourth-order valence-electron chi connectivity index (χ4n) is 2.28. The zero-order chi connectivity index (χ0) is 16.9. The van der Waals surface area contributed by atoms with Crippen LogP contribution in [0.2, 0.25) is 0 Å². The van der Waals surface area contributed by atoms with Crippen molar-refractivity contribution in [1.82, 2.24) is 10.3 Å². The maximum atomic E-state index is 12.9. The molecule has 24 heavy (non-hydrogen) atoms. The summed E-state index contributed by atoms with van der Waals surface area (Å²) in [6.45, 7) is 2.39. The van der Waals surface area contributed by atoms with Crippen LogP contribution in [0, 0.1) is 12.7 Å². The Balaban J connectivity index is 1.56. The summed E-state index contributed by atoms with van der Waals surface area (Å²) in [5.74, 6) is -0.340. The number of carbonyl (C=O) groups is 1. The van der Waals surface area contributed by atoms with Crippen molar-refractivity contribution in [2.45, 2.75) is 19.9 Å². The first-order valence-electron chi connectivity index (χ1n) is 7.63. The molecule has 0 fully saturated rings. The van der Waals surface area contributed by atoms with E-state index in [1.54, 1.807) is 29.7 Å². The Bertz CT molecular complexity index is 825. The molecule has 0 aliphatic heterocycles. The molecule has 3 aromatic rings. The zero-order valence-corrected chi connectivity index (χ0v) is 14.1. The molecular weight excluding hydrogens is 323 g/mol. The number of rotatable bonds is 5. The van der Waals surface area contributed by atoms with Crippen LogP contribution in [0.5, 0.6) is 0 Å². The molecule has 0 saturated carbocycles. The maximum Gasteiger partial charge on any atom is 0.251 e. The third kappa shape index (κ3) is 4.26. The highest BCUT2D eigenvalue weighted by Crippen LogP contribution is 2.17. The van der Waals surface area contributed by atoms with Gasteiger partial charge in [0.15, 0.2) is 0 Å². The Morgan fingerprint density at radius 1 is 1.12 bits per heavy atom. The van der Waals surface area contributed by atoms with E-state index in [1.807, 2.05) is 31.2 Å². The number of amides is 1. The van der Waals surface area contributed by atoms with Crippen LogP contribution in [0.3, 0.4) is 0 Å². The maximum absolute atomic E-state index is 12.9. The molecule has 2 aromatic carbocycles. The van der Waals surface area contributed by atoms with Gasteiger partial charge in [0.05, 0.1) is 6.54 Å². The highest BCUT2D eigenvalue weighted by Gasteiger charge is 2.08. The lowest BCUT2D eigenvalue weighted by atomic mass is 10.1. The van der Waals surface area contributed by atoms with Gasteiger partial charge in [-0.2, -0.15) is 0 Å². The molecule has 0 bridgehead atoms. The quantitative estimate of drug-likeness (QED) is 0.759. The second-order valence-electron chi connectivity index (χ2n) is 5.57. The van der Waals surface area contributed by atoms with E-state index in [9.17, 15) is 9.18 Å². The van der Waals surface area contributed by atoms with Gasteiger partial charge in [-0.1, -0.05) is 29.8 Å². The first-order chi connectivity index (χ1) is 11.6. The second-order valence-corrected chi connectivity index (χ2v) is 6.77. The number of nitrogens with one attached hydrogen (secondary N) is 1. The van der Waals surface area contributed by atoms with Gasteiger partial charge < -0.3 is 5.32 Å². The van der Waals surface area contributed by atoms with E-state index in [4.69, 9.17) is 0 Å². The highest BCUT2D eigenvalue weighted by atomic mass is 32.1. The normalized spacial score (nSPS) is 10.6. The van der Waals surface area contributed by atoms with Crippen LogP contribution in [0.4, 0.5) is 4.39 Å². The van der Waals surface area contributed by atoms with Gasteiger partial charge in [-0.15, -0.1) is 11.3 Å². The number of aryl methyl sites for hydroxylation is 1. The predicted molar refractivity (Wildman–Crippen MR) is 93.7 cm³/mol. The summed E-state index contributed by atoms with van der Waals surface area (Å²) in [4.78, 5) is 17.5. The minimum Gasteiger partial charge on any atom is -0.346 e. The lowest BCUT2D eigenvalue weighted by molar-refractivity contribution is 0.0951. The van der Waals surface area contributed by atoms with Crippen LogP contribution in [-0.2, 0) is 13.0 Å². The third-order valence-corrected chi connectivity index (χ3v) is 4.60. The van der Waals surface area contributed by atoms with Crippen LogP contribution in [0.15, 0.2) is 54.7 Å². The van der Waals surface area contributed by atoms with Gasteiger partial charge >= 0.3 is 0 Å². The van der Waals surface area contributed by atoms with Gasteiger partial charge in [-0.25, -0.2) is 9.37 Å². The molecule has 5 heteroatoms. The number of aromatic nitrogens is 1. The Morgan fingerprint density at radius 3 is 2.54 bits per heavy atom. The standard InChI is InChI=1S/C19H17FN2OS/c1-13-2-6-15(7-3-13)19(23)22-12-18-21-11-17(24-18)10-14-4-8-16(20)9-5-14/h2-9,11H,10,12H2,1H3,(H,22,23). The second kappa shape index (κ2) is 7.36. The van der Waals surface area contributed by atoms with Crippen molar-refractivity contribution in [3.8, 4) is 0 Å². The Kier molecular flexibility index (Phi) is 5.01. The summed E-state index contributed by atoms with van der Waals surface area (Å²) in [5.41, 5.74) is 2.80. The molecular formula is C19H17FN2OS. The molecule has 1 N–H and O–H groups in total. The van der Waals surface area contributed by atoms with Crippen LogP contribution in [0.25, 0.3) is 0 Å². The number of carbonyl (C=O) groups excluding carboxylic acids is 1. The minimum atomic E-state index is -0.234. The Labute approximate surface area is 144 Å². The molecule has 0 unspecified atom stereocenters. The summed E-state index contributed by atoms with van der Waals surface area (Å²) in [5, 5.41) is 3.73. The summed E-state index contributed by atoms with van der Waals surface area (Å²) < 4.78 is 12.9. The molecule has 1 amide bonds. The number of benzene rings is 2. The molecule has 3 nitrogen and oxygen atoms in total. The van der Waals surface area contributed by atoms with E-state index in [1.165, 1.54) is 12.1 Å². The van der Waals surface area contributed by atoms with E-state index in [2.05, 4.69) is 10.3 Å². The number of nitrogens with zero attached hydrogens (tertiary/aromatic N) is 1. The molecule has 0 saturated heterocycles. The molecule has 0 aliphatic carbocycles. The summed E-state index contributed by atoms with van der Waals surface area (Å²) in [6, 6.07) is 13.9. The molecule has 122 valence electrons. The summed E-state index contributed by atoms with van der Waals surface area (Å²) in [6.07, 6.45) is 2.52. The molecule has 0 aliphatic rings. The largest absolute Gasteiger partial charge is 0.346 e. The van der Waals surface area contributed by atoms with Crippen molar-refractivity contribution < 1.29 is 9.18 Å². The topological polar surface area (TPSA) is 42.0 Å². The van der Waals surface area contributed by atoms with E-state index >= 15 is 0 Å². The molecule has 0 radical (unpaired) electrons. The monoisotopic (exact) mass is 340 g/mol. The Morgan fingerprint density at radius 2 is 1.83 bits per heavy atom. The van der Waals surface area contributed by atoms with Crippen LogP contribution >= 0.6 is 11.3 Å². The molecule has 3 rings (SSSR count). The minimum absolute atomic E-state index is 0.106. The lowest BCUT2D eigenvalue weighted by Crippen LogP contribution is -2.22. The third-order valence-electron chi connectivity index (χ3n) is 3.61. The number of hydrogen-bond acceptors (Lipinski definition) is 3. The number of hydrogen-bond donors (Lipinski definition) is 1. The van der Waals surface area contributed by atoms with Crippen LogP contribution < -0.4 is 5.32 Å². The summed E-state index contributed by atoms with van der Waals surface area (Å²) >= 11 is 1.55. The highest BCUT2D eigenvalue weighted by molar-refractivity contribution is 7.11. The average molecular weight is 340 g/mol. The number of thiazole rings is 1. The van der Waals surface area contributed by atoms with Crippen molar-refractivity contribution in [3.63, 3.8) is 0 Å². The first-order valence-corrected chi connectivity index (χ1v) is 8.45. The van der Waals surface area contributed by atoms with Crippen molar-refractivity contribution in [1.29, 1.82) is 0 Å². The predicted octanol–water partition coefficient (Wildman–Crippen LogP) is 4.11. The molecule has 1 aromatic heterocycles. The molecule has 0 atom stereocenters. The van der Waals surface area contributed by atoms with E-state index in [-0.39, 0.29) is 11.7 Å². The van der Waals surface area contributed by atoms with Gasteiger partial charge in [0.25, 0.3) is 5.91 Å².